The topological polar surface area (TPSA) is 25.2 Å². The molecular formula is C11H12N2. The largest absolute Gasteiger partial charge is 0.268 e. The highest BCUT2D eigenvalue weighted by Crippen LogP contribution is 2.25. The molecule has 0 spiro atoms. The van der Waals surface area contributed by atoms with Crippen molar-refractivity contribution in [3.8, 4) is 0 Å². The van der Waals surface area contributed by atoms with E-state index >= 15 is 0 Å². The average molecular weight is 172 g/mol. The molecule has 2 heterocycles. The molecule has 0 bridgehead atoms. The first-order chi connectivity index (χ1) is 6.20. The highest BCUT2D eigenvalue weighted by molar-refractivity contribution is 5.77. The van der Waals surface area contributed by atoms with Gasteiger partial charge in [-0.2, -0.15) is 0 Å². The van der Waals surface area contributed by atoms with E-state index in [-0.39, 0.29) is 5.41 Å². The van der Waals surface area contributed by atoms with Gasteiger partial charge in [-0.3, -0.25) is 9.98 Å². The summed E-state index contributed by atoms with van der Waals surface area (Å²) in [5, 5.41) is 0. The Balaban J connectivity index is 2.64. The van der Waals surface area contributed by atoms with Crippen molar-refractivity contribution in [3.05, 3.63) is 35.8 Å². The van der Waals surface area contributed by atoms with Gasteiger partial charge in [0.05, 0.1) is 5.69 Å². The maximum absolute atomic E-state index is 4.39. The minimum absolute atomic E-state index is 0.0694. The van der Waals surface area contributed by atoms with Gasteiger partial charge in [-0.05, 0) is 31.6 Å². The smallest absolute Gasteiger partial charge is 0.0585 e. The van der Waals surface area contributed by atoms with Gasteiger partial charge in [0.1, 0.15) is 0 Å². The molecule has 0 unspecified atom stereocenters. The Bertz CT molecular complexity index is 375. The molecule has 0 fully saturated rings. The Kier molecular flexibility index (Phi) is 1.76. The van der Waals surface area contributed by atoms with Gasteiger partial charge in [-0.25, -0.2) is 0 Å². The number of nitrogens with zero attached hydrogens (tertiary/aromatic N) is 2. The van der Waals surface area contributed by atoms with Gasteiger partial charge in [0, 0.05) is 24.0 Å². The summed E-state index contributed by atoms with van der Waals surface area (Å²) in [6, 6.07) is 4.01. The third-order valence-corrected chi connectivity index (χ3v) is 2.19. The predicted octanol–water partition coefficient (Wildman–Crippen LogP) is 2.41. The Labute approximate surface area is 78.0 Å². The van der Waals surface area contributed by atoms with Crippen molar-refractivity contribution >= 4 is 12.3 Å². The minimum atomic E-state index is -0.0694. The molecule has 1 aliphatic heterocycles. The van der Waals surface area contributed by atoms with E-state index in [0.29, 0.717) is 0 Å². The van der Waals surface area contributed by atoms with Crippen molar-refractivity contribution in [1.29, 1.82) is 0 Å². The molecular weight excluding hydrogens is 160 g/mol. The Morgan fingerprint density at radius 3 is 3.00 bits per heavy atom. The zero-order valence-electron chi connectivity index (χ0n) is 7.86. The summed E-state index contributed by atoms with van der Waals surface area (Å²) in [5.74, 6) is 0. The fraction of sp³-hybridized carbons (Fsp3) is 0.273. The van der Waals surface area contributed by atoms with Crippen molar-refractivity contribution in [3.63, 3.8) is 0 Å². The second-order valence-electron chi connectivity index (χ2n) is 3.76. The molecule has 1 aliphatic rings. The summed E-state index contributed by atoms with van der Waals surface area (Å²) in [6.07, 6.45) is 7.57. The lowest BCUT2D eigenvalue weighted by Crippen LogP contribution is -2.21. The first kappa shape index (κ1) is 8.17. The van der Waals surface area contributed by atoms with Crippen molar-refractivity contribution in [1.82, 2.24) is 4.98 Å². The molecule has 2 rings (SSSR count). The molecule has 66 valence electrons. The minimum Gasteiger partial charge on any atom is -0.268 e. The molecule has 0 aliphatic carbocycles. The van der Waals surface area contributed by atoms with E-state index in [9.17, 15) is 0 Å². The number of rotatable bonds is 0. The number of fused-ring (bicyclic) bond motifs is 1. The summed E-state index contributed by atoms with van der Waals surface area (Å²) < 4.78 is 0. The van der Waals surface area contributed by atoms with Crippen molar-refractivity contribution < 1.29 is 0 Å². The summed E-state index contributed by atoms with van der Waals surface area (Å²) in [6.45, 7) is 4.24. The highest BCUT2D eigenvalue weighted by atomic mass is 14.8. The van der Waals surface area contributed by atoms with Crippen molar-refractivity contribution in [2.24, 2.45) is 4.99 Å². The quantitative estimate of drug-likeness (QED) is 0.590. The zero-order valence-corrected chi connectivity index (χ0v) is 7.86. The van der Waals surface area contributed by atoms with Crippen LogP contribution in [0.15, 0.2) is 29.5 Å². The standard InChI is InChI=1S/C11H12N2/c1-11(2)8-12-7-5-9-4-3-6-13-10(9)11/h3-8H,1-2H3. The Morgan fingerprint density at radius 1 is 1.31 bits per heavy atom. The molecule has 2 heteroatoms. The van der Waals surface area contributed by atoms with E-state index in [4.69, 9.17) is 0 Å². The first-order valence-corrected chi connectivity index (χ1v) is 4.36. The van der Waals surface area contributed by atoms with Gasteiger partial charge in [-0.15, -0.1) is 0 Å². The van der Waals surface area contributed by atoms with Crippen molar-refractivity contribution in [2.45, 2.75) is 19.3 Å². The third kappa shape index (κ3) is 1.39. The second kappa shape index (κ2) is 2.80. The fourth-order valence-corrected chi connectivity index (χ4v) is 1.50. The maximum atomic E-state index is 4.39. The number of pyridine rings is 1. The average Bonchev–Trinajstić information content (AvgIpc) is 2.26. The number of aromatic nitrogens is 1. The van der Waals surface area contributed by atoms with Gasteiger partial charge in [0.15, 0.2) is 0 Å². The lowest BCUT2D eigenvalue weighted by atomic mass is 9.88. The molecule has 1 aromatic heterocycles. The number of aliphatic imine (C=N–C) groups is 1. The third-order valence-electron chi connectivity index (χ3n) is 2.19. The van der Waals surface area contributed by atoms with Crippen LogP contribution in [0.25, 0.3) is 6.08 Å². The lowest BCUT2D eigenvalue weighted by molar-refractivity contribution is 0.703. The molecule has 0 aromatic carbocycles. The van der Waals surface area contributed by atoms with Gasteiger partial charge in [0.25, 0.3) is 0 Å². The predicted molar refractivity (Wildman–Crippen MR) is 54.8 cm³/mol. The van der Waals surface area contributed by atoms with Crippen LogP contribution in [-0.2, 0) is 5.41 Å². The van der Waals surface area contributed by atoms with Crippen LogP contribution in [0.2, 0.25) is 0 Å². The molecule has 0 saturated heterocycles. The Morgan fingerprint density at radius 2 is 2.15 bits per heavy atom. The molecule has 0 atom stereocenters. The van der Waals surface area contributed by atoms with Crippen LogP contribution < -0.4 is 0 Å². The zero-order chi connectivity index (χ0) is 9.31. The van der Waals surface area contributed by atoms with E-state index in [1.807, 2.05) is 30.8 Å². The molecule has 0 saturated carbocycles. The van der Waals surface area contributed by atoms with Crippen LogP contribution in [0.4, 0.5) is 0 Å². The second-order valence-corrected chi connectivity index (χ2v) is 3.76. The highest BCUT2D eigenvalue weighted by Gasteiger charge is 2.22. The van der Waals surface area contributed by atoms with E-state index in [2.05, 4.69) is 29.9 Å². The van der Waals surface area contributed by atoms with Gasteiger partial charge in [-0.1, -0.05) is 6.07 Å². The lowest BCUT2D eigenvalue weighted by Gasteiger charge is -2.19. The van der Waals surface area contributed by atoms with Crippen LogP contribution >= 0.6 is 0 Å². The van der Waals surface area contributed by atoms with Crippen LogP contribution in [0.1, 0.15) is 25.1 Å². The Hall–Kier alpha value is -1.44. The van der Waals surface area contributed by atoms with Crippen LogP contribution in [0.3, 0.4) is 0 Å². The normalized spacial score (nSPS) is 18.0. The summed E-state index contributed by atoms with van der Waals surface area (Å²) in [4.78, 5) is 8.58. The van der Waals surface area contributed by atoms with Crippen molar-refractivity contribution in [2.75, 3.05) is 0 Å². The number of hydrogen-bond donors (Lipinski definition) is 0. The molecule has 0 amide bonds. The van der Waals surface area contributed by atoms with Gasteiger partial charge >= 0.3 is 0 Å². The maximum Gasteiger partial charge on any atom is 0.0585 e. The summed E-state index contributed by atoms with van der Waals surface area (Å²) in [7, 11) is 0. The van der Waals surface area contributed by atoms with E-state index in [1.165, 1.54) is 0 Å². The van der Waals surface area contributed by atoms with Gasteiger partial charge in [0.2, 0.25) is 0 Å². The summed E-state index contributed by atoms with van der Waals surface area (Å²) in [5.41, 5.74) is 2.18. The molecule has 1 aromatic rings. The van der Waals surface area contributed by atoms with E-state index in [0.717, 1.165) is 11.3 Å². The van der Waals surface area contributed by atoms with E-state index in [1.54, 1.807) is 0 Å². The van der Waals surface area contributed by atoms with Gasteiger partial charge < -0.3 is 0 Å². The summed E-state index contributed by atoms with van der Waals surface area (Å²) >= 11 is 0. The van der Waals surface area contributed by atoms with E-state index < -0.39 is 0 Å². The SMILES string of the molecule is CC1(C)C=NC=Cc2cccnc21. The fourth-order valence-electron chi connectivity index (χ4n) is 1.50. The first-order valence-electron chi connectivity index (χ1n) is 4.36. The molecule has 13 heavy (non-hydrogen) atoms. The number of hydrogen-bond acceptors (Lipinski definition) is 2. The van der Waals surface area contributed by atoms with Crippen LogP contribution in [0.5, 0.6) is 0 Å². The molecule has 2 nitrogen and oxygen atoms in total. The monoisotopic (exact) mass is 172 g/mol. The van der Waals surface area contributed by atoms with Crippen LogP contribution in [-0.4, -0.2) is 11.2 Å². The molecule has 0 radical (unpaired) electrons. The van der Waals surface area contributed by atoms with Crippen LogP contribution in [0, 0.1) is 0 Å². The molecule has 0 N–H and O–H groups in total.